The molecule has 1 aromatic heterocycles. The van der Waals surface area contributed by atoms with E-state index in [1.807, 2.05) is 55.5 Å². The first-order valence-electron chi connectivity index (χ1n) is 11.2. The molecule has 0 radical (unpaired) electrons. The van der Waals surface area contributed by atoms with Gasteiger partial charge in [0.05, 0.1) is 18.8 Å². The predicted octanol–water partition coefficient (Wildman–Crippen LogP) is 3.45. The second-order valence-corrected chi connectivity index (χ2v) is 8.92. The van der Waals surface area contributed by atoms with Gasteiger partial charge in [0.2, 0.25) is 0 Å². The van der Waals surface area contributed by atoms with Crippen LogP contribution in [-0.2, 0) is 22.6 Å². The highest BCUT2D eigenvalue weighted by Crippen LogP contribution is 2.39. The minimum Gasteiger partial charge on any atom is -0.392 e. The summed E-state index contributed by atoms with van der Waals surface area (Å²) >= 11 is 1.56. The number of benzene rings is 2. The Morgan fingerprint density at radius 2 is 1.82 bits per heavy atom. The molecule has 2 heterocycles. The number of urea groups is 1. The van der Waals surface area contributed by atoms with Crippen LogP contribution in [0.5, 0.6) is 0 Å². The number of aliphatic hydroxyl groups is 1. The van der Waals surface area contributed by atoms with Gasteiger partial charge in [-0.1, -0.05) is 60.3 Å². The van der Waals surface area contributed by atoms with Gasteiger partial charge in [-0.05, 0) is 23.6 Å². The van der Waals surface area contributed by atoms with Gasteiger partial charge in [-0.15, -0.1) is 0 Å². The van der Waals surface area contributed by atoms with Crippen molar-refractivity contribution in [3.8, 4) is 0 Å². The Kier molecular flexibility index (Phi) is 8.53. The van der Waals surface area contributed by atoms with Crippen LogP contribution in [0.15, 0.2) is 60.0 Å². The Balaban J connectivity index is 1.45. The van der Waals surface area contributed by atoms with Gasteiger partial charge in [-0.2, -0.15) is 5.10 Å². The van der Waals surface area contributed by atoms with Gasteiger partial charge in [0.25, 0.3) is 0 Å². The van der Waals surface area contributed by atoms with E-state index in [0.29, 0.717) is 25.3 Å². The Labute approximate surface area is 202 Å². The molecule has 3 aromatic rings. The molecule has 0 saturated carbocycles. The Hall–Kier alpha value is -2.92. The summed E-state index contributed by atoms with van der Waals surface area (Å²) in [5, 5.41) is 22.4. The molecule has 2 aromatic carbocycles. The normalized spacial score (nSPS) is 20.1. The molecule has 1 saturated heterocycles. The number of carbonyl (C=O) groups excluding carboxylic acids is 1. The van der Waals surface area contributed by atoms with Crippen LogP contribution in [-0.4, -0.2) is 44.7 Å². The highest BCUT2D eigenvalue weighted by Gasteiger charge is 2.32. The first-order valence-corrected chi connectivity index (χ1v) is 12.2. The highest BCUT2D eigenvalue weighted by molar-refractivity contribution is 7.99. The van der Waals surface area contributed by atoms with Gasteiger partial charge < -0.3 is 25.2 Å². The van der Waals surface area contributed by atoms with Gasteiger partial charge in [0.1, 0.15) is 6.33 Å². The molecule has 1 unspecified atom stereocenters. The zero-order chi connectivity index (χ0) is 23.8. The maximum absolute atomic E-state index is 11.6. The third-order valence-corrected chi connectivity index (χ3v) is 6.46. The van der Waals surface area contributed by atoms with E-state index in [1.165, 1.54) is 6.33 Å². The number of rotatable bonds is 9. The van der Waals surface area contributed by atoms with Crippen LogP contribution in [0.2, 0.25) is 0 Å². The van der Waals surface area contributed by atoms with Crippen LogP contribution in [0.1, 0.15) is 48.0 Å². The molecule has 2 amide bonds. The lowest BCUT2D eigenvalue weighted by Gasteiger charge is -2.36. The van der Waals surface area contributed by atoms with Gasteiger partial charge in [0, 0.05) is 30.8 Å². The molecule has 180 valence electrons. The lowest BCUT2D eigenvalue weighted by Crippen LogP contribution is -2.34. The number of aliphatic hydroxyl groups excluding tert-OH is 1. The average molecular weight is 484 g/mol. The topological polar surface area (TPSA) is 121 Å². The van der Waals surface area contributed by atoms with Crippen molar-refractivity contribution in [3.63, 3.8) is 0 Å². The third kappa shape index (κ3) is 6.57. The molecule has 1 aliphatic heterocycles. The zero-order valence-electron chi connectivity index (χ0n) is 18.9. The maximum atomic E-state index is 11.6. The van der Waals surface area contributed by atoms with E-state index >= 15 is 0 Å². The van der Waals surface area contributed by atoms with Crippen LogP contribution in [0, 0.1) is 0 Å². The molecule has 34 heavy (non-hydrogen) atoms. The largest absolute Gasteiger partial charge is 0.392 e. The summed E-state index contributed by atoms with van der Waals surface area (Å²) < 4.78 is 12.7. The summed E-state index contributed by atoms with van der Waals surface area (Å²) in [5.74, 6) is 0.703. The highest BCUT2D eigenvalue weighted by atomic mass is 32.2. The predicted molar refractivity (Wildman–Crippen MR) is 128 cm³/mol. The van der Waals surface area contributed by atoms with Crippen molar-refractivity contribution in [2.75, 3.05) is 12.3 Å². The fraction of sp³-hybridized carbons (Fsp3) is 0.375. The van der Waals surface area contributed by atoms with E-state index in [4.69, 9.17) is 9.47 Å². The number of nitrogens with one attached hydrogen (secondary N) is 3. The number of H-pyrrole nitrogens is 1. The second-order valence-electron chi connectivity index (χ2n) is 7.91. The summed E-state index contributed by atoms with van der Waals surface area (Å²) in [6, 6.07) is 15.5. The molecular weight excluding hydrogens is 454 g/mol. The number of amides is 2. The Morgan fingerprint density at radius 1 is 1.09 bits per heavy atom. The first-order chi connectivity index (χ1) is 16.6. The smallest absolute Gasteiger partial charge is 0.315 e. The van der Waals surface area contributed by atoms with E-state index in [1.54, 1.807) is 11.8 Å². The van der Waals surface area contributed by atoms with Crippen molar-refractivity contribution in [3.05, 3.63) is 77.1 Å². The van der Waals surface area contributed by atoms with Crippen molar-refractivity contribution in [1.82, 2.24) is 25.8 Å². The summed E-state index contributed by atoms with van der Waals surface area (Å²) in [7, 11) is 0. The van der Waals surface area contributed by atoms with Crippen molar-refractivity contribution in [2.45, 2.75) is 50.2 Å². The number of aromatic nitrogens is 3. The average Bonchev–Trinajstić information content (AvgIpc) is 3.40. The Bertz CT molecular complexity index is 1030. The van der Waals surface area contributed by atoms with Crippen LogP contribution >= 0.6 is 11.8 Å². The van der Waals surface area contributed by atoms with Crippen LogP contribution in [0.3, 0.4) is 0 Å². The molecular formula is C24H29N5O4S. The minimum atomic E-state index is -0.526. The van der Waals surface area contributed by atoms with Gasteiger partial charge in [0.15, 0.2) is 11.4 Å². The fourth-order valence-electron chi connectivity index (χ4n) is 3.66. The fourth-order valence-corrected chi connectivity index (χ4v) is 4.45. The van der Waals surface area contributed by atoms with E-state index in [2.05, 4.69) is 25.8 Å². The maximum Gasteiger partial charge on any atom is 0.315 e. The molecule has 4 N–H and O–H groups in total. The number of carbonyl (C=O) groups is 1. The summed E-state index contributed by atoms with van der Waals surface area (Å²) in [4.78, 5) is 15.8. The van der Waals surface area contributed by atoms with Gasteiger partial charge >= 0.3 is 6.03 Å². The molecule has 10 heteroatoms. The number of hydrogen-bond acceptors (Lipinski definition) is 7. The molecule has 1 aliphatic rings. The minimum absolute atomic E-state index is 0.00922. The zero-order valence-corrected chi connectivity index (χ0v) is 19.8. The molecule has 9 nitrogen and oxygen atoms in total. The lowest BCUT2D eigenvalue weighted by atomic mass is 10.0. The summed E-state index contributed by atoms with van der Waals surface area (Å²) in [6.45, 7) is 2.91. The lowest BCUT2D eigenvalue weighted by molar-refractivity contribution is -0.245. The SMILES string of the molecule is CCNC(=O)NCc1ccc(C2O[C@H](CSc3ncn[nH]3)C[C@H](c3ccc(CO)cc3)O2)cc1. The van der Waals surface area contributed by atoms with Gasteiger partial charge in [-0.25, -0.2) is 9.78 Å². The number of nitrogens with zero attached hydrogens (tertiary/aromatic N) is 2. The van der Waals surface area contributed by atoms with Crippen LogP contribution in [0.4, 0.5) is 4.79 Å². The molecule has 1 fully saturated rings. The van der Waals surface area contributed by atoms with E-state index in [0.717, 1.165) is 27.4 Å². The quantitative estimate of drug-likeness (QED) is 0.344. The van der Waals surface area contributed by atoms with Crippen molar-refractivity contribution < 1.29 is 19.4 Å². The van der Waals surface area contributed by atoms with E-state index in [-0.39, 0.29) is 24.8 Å². The third-order valence-electron chi connectivity index (χ3n) is 5.46. The molecule has 0 spiro atoms. The number of hydrogen-bond donors (Lipinski definition) is 4. The van der Waals surface area contributed by atoms with Crippen LogP contribution < -0.4 is 10.6 Å². The van der Waals surface area contributed by atoms with E-state index < -0.39 is 6.29 Å². The molecule has 0 bridgehead atoms. The van der Waals surface area contributed by atoms with Crippen molar-refractivity contribution in [1.29, 1.82) is 0 Å². The molecule has 3 atom stereocenters. The van der Waals surface area contributed by atoms with Crippen molar-refractivity contribution >= 4 is 17.8 Å². The van der Waals surface area contributed by atoms with E-state index in [9.17, 15) is 9.90 Å². The first kappa shape index (κ1) is 24.2. The Morgan fingerprint density at radius 3 is 2.50 bits per heavy atom. The molecule has 0 aliphatic carbocycles. The summed E-state index contributed by atoms with van der Waals surface area (Å²) in [6.07, 6.45) is 1.46. The summed E-state index contributed by atoms with van der Waals surface area (Å²) in [5.41, 5.74) is 3.80. The number of aromatic amines is 1. The second kappa shape index (κ2) is 12.0. The van der Waals surface area contributed by atoms with Crippen LogP contribution in [0.25, 0.3) is 0 Å². The van der Waals surface area contributed by atoms with Crippen molar-refractivity contribution in [2.24, 2.45) is 0 Å². The number of ether oxygens (including phenoxy) is 2. The van der Waals surface area contributed by atoms with Gasteiger partial charge in [-0.3, -0.25) is 5.10 Å². The molecule has 4 rings (SSSR count). The monoisotopic (exact) mass is 483 g/mol. The number of thioether (sulfide) groups is 1. The standard InChI is InChI=1S/C24H29N5O4S/c1-2-25-23(31)26-12-16-3-9-19(10-4-16)22-32-20(14-34-24-27-15-28-29-24)11-21(33-22)18-7-5-17(13-30)6-8-18/h3-10,15,20-22,30H,2,11-14H2,1H3,(H2,25,26,31)(H,27,28,29)/t20-,21+,22?/m0/s1.